The van der Waals surface area contributed by atoms with Gasteiger partial charge in [0.1, 0.15) is 11.9 Å². The van der Waals surface area contributed by atoms with Crippen LogP contribution in [0.3, 0.4) is 0 Å². The van der Waals surface area contributed by atoms with Gasteiger partial charge in [-0.25, -0.2) is 4.79 Å². The van der Waals surface area contributed by atoms with Gasteiger partial charge in [-0.2, -0.15) is 0 Å². The summed E-state index contributed by atoms with van der Waals surface area (Å²) in [6, 6.07) is 10.5. The van der Waals surface area contributed by atoms with E-state index in [-0.39, 0.29) is 18.2 Å². The number of Topliss-reactive ketones (excluding diaryl/α,β-unsaturated/α-hetero) is 1. The molecule has 0 saturated heterocycles. The highest BCUT2D eigenvalue weighted by Crippen LogP contribution is 2.33. The molecule has 3 rings (SSSR count). The summed E-state index contributed by atoms with van der Waals surface area (Å²) < 4.78 is 10.5. The zero-order valence-electron chi connectivity index (χ0n) is 10.4. The highest BCUT2D eigenvalue weighted by Gasteiger charge is 2.32. The van der Waals surface area contributed by atoms with E-state index in [4.69, 9.17) is 9.15 Å². The second-order valence-electron chi connectivity index (χ2n) is 4.52. The Morgan fingerprint density at radius 2 is 2.00 bits per heavy atom. The van der Waals surface area contributed by atoms with Crippen molar-refractivity contribution >= 4 is 11.8 Å². The number of cyclic esters (lactones) is 1. The number of hydrogen-bond acceptors (Lipinski definition) is 4. The van der Waals surface area contributed by atoms with E-state index < -0.39 is 6.10 Å². The van der Waals surface area contributed by atoms with Crippen LogP contribution in [0.15, 0.2) is 40.8 Å². The summed E-state index contributed by atoms with van der Waals surface area (Å²) >= 11 is 0. The lowest BCUT2D eigenvalue weighted by Gasteiger charge is -2.08. The minimum atomic E-state index is -0.512. The predicted octanol–water partition coefficient (Wildman–Crippen LogP) is 3.07. The number of fused-ring (bicyclic) bond motifs is 1. The van der Waals surface area contributed by atoms with Crippen molar-refractivity contribution in [2.24, 2.45) is 0 Å². The molecule has 1 atom stereocenters. The fraction of sp³-hybridized carbons (Fsp3) is 0.200. The fourth-order valence-electron chi connectivity index (χ4n) is 2.22. The Morgan fingerprint density at radius 1 is 1.21 bits per heavy atom. The standard InChI is InChI=1S/C15H12O4/c1-9-6-7-13(18-9)12(16)8-14-10-4-2-3-5-11(10)15(17)19-14/h2-7,14H,8H2,1H3/t14-/m0/s1. The number of furan rings is 1. The first-order valence-electron chi connectivity index (χ1n) is 6.04. The summed E-state index contributed by atoms with van der Waals surface area (Å²) in [5.41, 5.74) is 1.31. The summed E-state index contributed by atoms with van der Waals surface area (Å²) in [7, 11) is 0. The summed E-state index contributed by atoms with van der Waals surface area (Å²) in [4.78, 5) is 23.7. The third kappa shape index (κ3) is 2.05. The Kier molecular flexibility index (Phi) is 2.71. The van der Waals surface area contributed by atoms with Crippen LogP contribution in [0.2, 0.25) is 0 Å². The number of hydrogen-bond donors (Lipinski definition) is 0. The Labute approximate surface area is 110 Å². The van der Waals surface area contributed by atoms with E-state index in [1.165, 1.54) is 0 Å². The highest BCUT2D eigenvalue weighted by molar-refractivity contribution is 5.97. The first-order chi connectivity index (χ1) is 9.15. The van der Waals surface area contributed by atoms with Crippen LogP contribution in [-0.4, -0.2) is 11.8 Å². The molecule has 0 saturated carbocycles. The number of esters is 1. The minimum absolute atomic E-state index is 0.107. The van der Waals surface area contributed by atoms with Gasteiger partial charge in [-0.05, 0) is 25.1 Å². The lowest BCUT2D eigenvalue weighted by molar-refractivity contribution is 0.0364. The molecule has 0 N–H and O–H groups in total. The SMILES string of the molecule is Cc1ccc(C(=O)C[C@@H]2OC(=O)c3ccccc32)o1. The summed E-state index contributed by atoms with van der Waals surface area (Å²) in [5, 5.41) is 0. The van der Waals surface area contributed by atoms with Gasteiger partial charge in [0.15, 0.2) is 5.76 Å². The number of aryl methyl sites for hydroxylation is 1. The molecule has 1 aliphatic heterocycles. The third-order valence-electron chi connectivity index (χ3n) is 3.16. The zero-order valence-corrected chi connectivity index (χ0v) is 10.4. The lowest BCUT2D eigenvalue weighted by Crippen LogP contribution is -2.07. The van der Waals surface area contributed by atoms with Gasteiger partial charge in [-0.3, -0.25) is 4.79 Å². The Hall–Kier alpha value is -2.36. The van der Waals surface area contributed by atoms with Crippen LogP contribution in [0.5, 0.6) is 0 Å². The molecule has 0 spiro atoms. The van der Waals surface area contributed by atoms with Crippen LogP contribution in [-0.2, 0) is 4.74 Å². The van der Waals surface area contributed by atoms with Gasteiger partial charge in [0.25, 0.3) is 0 Å². The number of benzene rings is 1. The first-order valence-corrected chi connectivity index (χ1v) is 6.04. The summed E-state index contributed by atoms with van der Waals surface area (Å²) in [6.07, 6.45) is -0.406. The van der Waals surface area contributed by atoms with E-state index in [9.17, 15) is 9.59 Å². The van der Waals surface area contributed by atoms with Crippen LogP contribution in [0.4, 0.5) is 0 Å². The first kappa shape index (κ1) is 11.7. The molecule has 0 aliphatic carbocycles. The quantitative estimate of drug-likeness (QED) is 0.625. The second kappa shape index (κ2) is 4.39. The van der Waals surface area contributed by atoms with Gasteiger partial charge in [0, 0.05) is 5.56 Å². The van der Waals surface area contributed by atoms with E-state index in [0.717, 1.165) is 5.56 Å². The van der Waals surface area contributed by atoms with Crippen molar-refractivity contribution in [2.45, 2.75) is 19.4 Å². The van der Waals surface area contributed by atoms with Gasteiger partial charge in [0.05, 0.1) is 12.0 Å². The smallest absolute Gasteiger partial charge is 0.339 e. The molecule has 4 heteroatoms. The molecule has 4 nitrogen and oxygen atoms in total. The van der Waals surface area contributed by atoms with Gasteiger partial charge in [-0.1, -0.05) is 18.2 Å². The predicted molar refractivity (Wildman–Crippen MR) is 67.0 cm³/mol. The monoisotopic (exact) mass is 256 g/mol. The molecule has 2 heterocycles. The summed E-state index contributed by atoms with van der Waals surface area (Å²) in [6.45, 7) is 1.78. The van der Waals surface area contributed by atoms with E-state index in [1.54, 1.807) is 31.2 Å². The van der Waals surface area contributed by atoms with Crippen molar-refractivity contribution < 1.29 is 18.7 Å². The molecule has 2 aromatic rings. The second-order valence-corrected chi connectivity index (χ2v) is 4.52. The Morgan fingerprint density at radius 3 is 2.74 bits per heavy atom. The van der Waals surface area contributed by atoms with Gasteiger partial charge >= 0.3 is 5.97 Å². The topological polar surface area (TPSA) is 56.5 Å². The number of ketones is 1. The van der Waals surface area contributed by atoms with E-state index in [1.807, 2.05) is 12.1 Å². The third-order valence-corrected chi connectivity index (χ3v) is 3.16. The molecular formula is C15H12O4. The molecule has 1 aliphatic rings. The lowest BCUT2D eigenvalue weighted by atomic mass is 10.0. The Bertz CT molecular complexity index is 654. The maximum Gasteiger partial charge on any atom is 0.339 e. The average Bonchev–Trinajstić information content (AvgIpc) is 2.96. The number of carbonyl (C=O) groups excluding carboxylic acids is 2. The van der Waals surface area contributed by atoms with E-state index in [2.05, 4.69) is 0 Å². The summed E-state index contributed by atoms with van der Waals surface area (Å²) in [5.74, 6) is 0.455. The van der Waals surface area contributed by atoms with Crippen molar-refractivity contribution in [3.8, 4) is 0 Å². The number of carbonyl (C=O) groups is 2. The van der Waals surface area contributed by atoms with Crippen molar-refractivity contribution in [2.75, 3.05) is 0 Å². The van der Waals surface area contributed by atoms with E-state index in [0.29, 0.717) is 17.1 Å². The maximum absolute atomic E-state index is 12.0. The van der Waals surface area contributed by atoms with E-state index >= 15 is 0 Å². The number of rotatable bonds is 3. The molecule has 0 bridgehead atoms. The van der Waals surface area contributed by atoms with Crippen LogP contribution in [0, 0.1) is 6.92 Å². The normalized spacial score (nSPS) is 17.1. The molecule has 0 radical (unpaired) electrons. The van der Waals surface area contributed by atoms with Crippen molar-refractivity contribution in [3.63, 3.8) is 0 Å². The van der Waals surface area contributed by atoms with Crippen LogP contribution < -0.4 is 0 Å². The zero-order chi connectivity index (χ0) is 13.4. The number of ether oxygens (including phenoxy) is 1. The molecule has 0 fully saturated rings. The molecule has 1 aromatic carbocycles. The van der Waals surface area contributed by atoms with Gasteiger partial charge < -0.3 is 9.15 Å². The molecule has 1 aromatic heterocycles. The fourth-order valence-corrected chi connectivity index (χ4v) is 2.22. The average molecular weight is 256 g/mol. The molecule has 0 amide bonds. The van der Waals surface area contributed by atoms with Gasteiger partial charge in [-0.15, -0.1) is 0 Å². The molecule has 96 valence electrons. The van der Waals surface area contributed by atoms with Crippen LogP contribution >= 0.6 is 0 Å². The van der Waals surface area contributed by atoms with Gasteiger partial charge in [0.2, 0.25) is 5.78 Å². The Balaban J connectivity index is 1.82. The minimum Gasteiger partial charge on any atom is -0.458 e. The van der Waals surface area contributed by atoms with Crippen LogP contribution in [0.25, 0.3) is 0 Å². The molecule has 19 heavy (non-hydrogen) atoms. The molecular weight excluding hydrogens is 244 g/mol. The van der Waals surface area contributed by atoms with Crippen molar-refractivity contribution in [1.29, 1.82) is 0 Å². The van der Waals surface area contributed by atoms with Crippen molar-refractivity contribution in [3.05, 3.63) is 59.0 Å². The molecule has 0 unspecified atom stereocenters. The largest absolute Gasteiger partial charge is 0.458 e. The van der Waals surface area contributed by atoms with Crippen LogP contribution in [0.1, 0.15) is 44.8 Å². The maximum atomic E-state index is 12.0. The van der Waals surface area contributed by atoms with Crippen molar-refractivity contribution in [1.82, 2.24) is 0 Å². The highest BCUT2D eigenvalue weighted by atomic mass is 16.5.